The highest BCUT2D eigenvalue weighted by Gasteiger charge is 2.20. The molecular formula is C23H20Cl2F2N2O3S. The fraction of sp³-hybridized carbons (Fsp3) is 0.174. The number of hydrogen-bond acceptors (Lipinski definition) is 3. The predicted octanol–water partition coefficient (Wildman–Crippen LogP) is 5.40. The van der Waals surface area contributed by atoms with Crippen molar-refractivity contribution in [2.75, 3.05) is 11.9 Å². The van der Waals surface area contributed by atoms with Gasteiger partial charge in [0.1, 0.15) is 11.6 Å². The first-order chi connectivity index (χ1) is 15.5. The molecule has 3 rings (SSSR count). The van der Waals surface area contributed by atoms with Crippen molar-refractivity contribution >= 4 is 44.8 Å². The van der Waals surface area contributed by atoms with E-state index in [9.17, 15) is 22.0 Å². The molecule has 0 spiro atoms. The summed E-state index contributed by atoms with van der Waals surface area (Å²) >= 11 is 12.1. The summed E-state index contributed by atoms with van der Waals surface area (Å²) in [6.07, 6.45) is -0.0330. The molecule has 10 heteroatoms. The number of benzene rings is 3. The molecule has 0 unspecified atom stereocenters. The van der Waals surface area contributed by atoms with Crippen LogP contribution >= 0.6 is 23.2 Å². The van der Waals surface area contributed by atoms with Crippen LogP contribution in [0.3, 0.4) is 0 Å². The maximum atomic E-state index is 14.1. The van der Waals surface area contributed by atoms with E-state index in [1.165, 1.54) is 30.3 Å². The molecule has 5 nitrogen and oxygen atoms in total. The third kappa shape index (κ3) is 6.29. The molecule has 0 aliphatic rings. The lowest BCUT2D eigenvalue weighted by molar-refractivity contribution is -0.115. The van der Waals surface area contributed by atoms with Gasteiger partial charge in [0.05, 0.1) is 11.4 Å². The first-order valence-corrected chi connectivity index (χ1v) is 12.0. The molecule has 0 radical (unpaired) electrons. The molecule has 33 heavy (non-hydrogen) atoms. The summed E-state index contributed by atoms with van der Waals surface area (Å²) in [6, 6.07) is 10.6. The number of halogens is 4. The molecule has 0 saturated carbocycles. The Morgan fingerprint density at radius 3 is 2.39 bits per heavy atom. The molecule has 1 amide bonds. The molecule has 0 heterocycles. The average molecular weight is 513 g/mol. The Hall–Kier alpha value is -2.52. The molecule has 174 valence electrons. The zero-order valence-corrected chi connectivity index (χ0v) is 20.0. The third-order valence-corrected chi connectivity index (χ3v) is 7.08. The van der Waals surface area contributed by atoms with Crippen molar-refractivity contribution < 1.29 is 22.0 Å². The van der Waals surface area contributed by atoms with E-state index < -0.39 is 34.1 Å². The van der Waals surface area contributed by atoms with Crippen LogP contribution in [0.5, 0.6) is 0 Å². The molecule has 2 N–H and O–H groups in total. The van der Waals surface area contributed by atoms with Crippen molar-refractivity contribution in [3.8, 4) is 0 Å². The van der Waals surface area contributed by atoms with Crippen LogP contribution in [0.15, 0.2) is 53.4 Å². The molecule has 3 aromatic carbocycles. The van der Waals surface area contributed by atoms with Gasteiger partial charge in [-0.2, -0.15) is 0 Å². The third-order valence-electron chi connectivity index (χ3n) is 4.90. The molecule has 0 aliphatic heterocycles. The van der Waals surface area contributed by atoms with Gasteiger partial charge in [-0.25, -0.2) is 21.9 Å². The number of carbonyl (C=O) groups is 1. The van der Waals surface area contributed by atoms with E-state index >= 15 is 0 Å². The number of hydrogen-bond donors (Lipinski definition) is 2. The second-order valence-electron chi connectivity index (χ2n) is 7.45. The maximum Gasteiger partial charge on any atom is 0.241 e. The SMILES string of the molecule is Cc1cc(S(=O)(=O)NCC(=O)Nc2ccc(Cl)cc2Cc2cc(F)ccc2F)c(C)cc1Cl. The second-order valence-corrected chi connectivity index (χ2v) is 10.0. The van der Waals surface area contributed by atoms with E-state index in [0.29, 0.717) is 32.4 Å². The van der Waals surface area contributed by atoms with Gasteiger partial charge >= 0.3 is 0 Å². The van der Waals surface area contributed by atoms with E-state index in [1.807, 2.05) is 0 Å². The smallest absolute Gasteiger partial charge is 0.241 e. The fourth-order valence-corrected chi connectivity index (χ4v) is 4.90. The molecule has 0 aromatic heterocycles. The standard InChI is InChI=1S/C23H20Cl2F2N2O3S/c1-13-8-22(14(2)7-19(13)25)33(31,32)28-12-23(30)29-21-6-3-17(24)10-16(21)9-15-11-18(26)4-5-20(15)27/h3-8,10-11,28H,9,12H2,1-2H3,(H,29,30). The Morgan fingerprint density at radius 1 is 0.939 bits per heavy atom. The van der Waals surface area contributed by atoms with Crippen molar-refractivity contribution in [3.63, 3.8) is 0 Å². The first kappa shape index (κ1) is 25.1. The van der Waals surface area contributed by atoms with Crippen LogP contribution < -0.4 is 10.0 Å². The summed E-state index contributed by atoms with van der Waals surface area (Å²) in [5.41, 5.74) is 1.85. The van der Waals surface area contributed by atoms with Crippen LogP contribution in [0.1, 0.15) is 22.3 Å². The van der Waals surface area contributed by atoms with Gasteiger partial charge in [0.2, 0.25) is 15.9 Å². The Labute approximate surface area is 200 Å². The zero-order valence-electron chi connectivity index (χ0n) is 17.7. The number of rotatable bonds is 7. The molecular weight excluding hydrogens is 493 g/mol. The van der Waals surface area contributed by atoms with Gasteiger partial charge in [0.25, 0.3) is 0 Å². The lowest BCUT2D eigenvalue weighted by Crippen LogP contribution is -2.33. The number of aryl methyl sites for hydroxylation is 2. The highest BCUT2D eigenvalue weighted by Crippen LogP contribution is 2.26. The summed E-state index contributed by atoms with van der Waals surface area (Å²) in [7, 11) is -3.98. The summed E-state index contributed by atoms with van der Waals surface area (Å²) in [5.74, 6) is -1.85. The van der Waals surface area contributed by atoms with Crippen molar-refractivity contribution in [2.24, 2.45) is 0 Å². The Kier molecular flexibility index (Phi) is 7.74. The van der Waals surface area contributed by atoms with Gasteiger partial charge in [-0.15, -0.1) is 0 Å². The van der Waals surface area contributed by atoms with Crippen molar-refractivity contribution in [1.29, 1.82) is 0 Å². The predicted molar refractivity (Wildman–Crippen MR) is 125 cm³/mol. The van der Waals surface area contributed by atoms with Gasteiger partial charge in [-0.05, 0) is 84.6 Å². The highest BCUT2D eigenvalue weighted by molar-refractivity contribution is 7.89. The van der Waals surface area contributed by atoms with E-state index in [-0.39, 0.29) is 16.9 Å². The number of sulfonamides is 1. The minimum atomic E-state index is -3.98. The monoisotopic (exact) mass is 512 g/mol. The van der Waals surface area contributed by atoms with E-state index in [2.05, 4.69) is 10.0 Å². The zero-order chi connectivity index (χ0) is 24.3. The van der Waals surface area contributed by atoms with Gasteiger partial charge in [-0.3, -0.25) is 4.79 Å². The van der Waals surface area contributed by atoms with Crippen LogP contribution in [-0.2, 0) is 21.2 Å². The molecule has 0 atom stereocenters. The Balaban J connectivity index is 1.76. The van der Waals surface area contributed by atoms with Gasteiger partial charge in [-0.1, -0.05) is 23.2 Å². The van der Waals surface area contributed by atoms with Crippen LogP contribution in [0.25, 0.3) is 0 Å². The highest BCUT2D eigenvalue weighted by atomic mass is 35.5. The number of nitrogens with one attached hydrogen (secondary N) is 2. The summed E-state index contributed by atoms with van der Waals surface area (Å²) in [5, 5.41) is 3.37. The van der Waals surface area contributed by atoms with Gasteiger partial charge < -0.3 is 5.32 Å². The number of amides is 1. The summed E-state index contributed by atoms with van der Waals surface area (Å²) in [6.45, 7) is 2.74. The van der Waals surface area contributed by atoms with Crippen molar-refractivity contribution in [1.82, 2.24) is 4.72 Å². The lowest BCUT2D eigenvalue weighted by atomic mass is 10.0. The number of carbonyl (C=O) groups excluding carboxylic acids is 1. The van der Waals surface area contributed by atoms with Crippen LogP contribution in [-0.4, -0.2) is 20.9 Å². The minimum absolute atomic E-state index is 0.0194. The topological polar surface area (TPSA) is 75.3 Å². The Morgan fingerprint density at radius 2 is 1.67 bits per heavy atom. The van der Waals surface area contributed by atoms with E-state index in [1.54, 1.807) is 13.8 Å². The lowest BCUT2D eigenvalue weighted by Gasteiger charge is -2.14. The van der Waals surface area contributed by atoms with E-state index in [4.69, 9.17) is 23.2 Å². The normalized spacial score (nSPS) is 11.5. The molecule has 3 aromatic rings. The molecule has 0 fully saturated rings. The second kappa shape index (κ2) is 10.2. The molecule has 0 bridgehead atoms. The molecule has 0 aliphatic carbocycles. The average Bonchev–Trinajstić information content (AvgIpc) is 2.74. The van der Waals surface area contributed by atoms with Crippen LogP contribution in [0, 0.1) is 25.5 Å². The summed E-state index contributed by atoms with van der Waals surface area (Å²) in [4.78, 5) is 12.5. The van der Waals surface area contributed by atoms with Crippen molar-refractivity contribution in [2.45, 2.75) is 25.2 Å². The van der Waals surface area contributed by atoms with Crippen LogP contribution in [0.4, 0.5) is 14.5 Å². The van der Waals surface area contributed by atoms with E-state index in [0.717, 1.165) is 18.2 Å². The number of anilines is 1. The first-order valence-electron chi connectivity index (χ1n) is 9.75. The molecule has 0 saturated heterocycles. The summed E-state index contributed by atoms with van der Waals surface area (Å²) < 4.78 is 55.2. The van der Waals surface area contributed by atoms with Crippen LogP contribution in [0.2, 0.25) is 10.0 Å². The quantitative estimate of drug-likeness (QED) is 0.445. The fourth-order valence-electron chi connectivity index (χ4n) is 3.19. The Bertz CT molecular complexity index is 1330. The minimum Gasteiger partial charge on any atom is -0.325 e. The largest absolute Gasteiger partial charge is 0.325 e. The maximum absolute atomic E-state index is 14.1. The van der Waals surface area contributed by atoms with Gasteiger partial charge in [0, 0.05) is 22.2 Å². The van der Waals surface area contributed by atoms with Gasteiger partial charge in [0.15, 0.2) is 0 Å². The van der Waals surface area contributed by atoms with Crippen molar-refractivity contribution in [3.05, 3.63) is 92.5 Å².